The summed E-state index contributed by atoms with van der Waals surface area (Å²) in [7, 11) is 0. The molecule has 4 heteroatoms. The lowest BCUT2D eigenvalue weighted by Gasteiger charge is -1.98. The second-order valence-corrected chi connectivity index (χ2v) is 2.64. The van der Waals surface area contributed by atoms with E-state index < -0.39 is 0 Å². The van der Waals surface area contributed by atoms with E-state index >= 15 is 0 Å². The number of carbonyl (C=O) groups excluding carboxylic acids is 1. The number of halogens is 1. The summed E-state index contributed by atoms with van der Waals surface area (Å²) >= 11 is 2.08. The van der Waals surface area contributed by atoms with Gasteiger partial charge in [0, 0.05) is 12.4 Å². The van der Waals surface area contributed by atoms with Crippen LogP contribution in [0.4, 0.5) is 0 Å². The summed E-state index contributed by atoms with van der Waals surface area (Å²) in [5.74, 6) is -0.0764. The van der Waals surface area contributed by atoms with Crippen molar-refractivity contribution in [1.82, 2.24) is 10.3 Å². The number of rotatable bonds is 2. The minimum Gasteiger partial charge on any atom is -0.343 e. The van der Waals surface area contributed by atoms with Crippen molar-refractivity contribution < 1.29 is 4.79 Å². The standard InChI is InChI=1S/C7H7IN2O/c8-5-10-7(11)6-2-1-3-9-4-6/h1-4H,5H2,(H,10,11). The predicted molar refractivity (Wildman–Crippen MR) is 50.6 cm³/mol. The number of nitrogens with zero attached hydrogens (tertiary/aromatic N) is 1. The van der Waals surface area contributed by atoms with E-state index in [2.05, 4.69) is 32.9 Å². The average Bonchev–Trinajstić information content (AvgIpc) is 2.07. The molecule has 1 aromatic heterocycles. The summed E-state index contributed by atoms with van der Waals surface area (Å²) in [6, 6.07) is 3.47. The van der Waals surface area contributed by atoms with Crippen molar-refractivity contribution in [1.29, 1.82) is 0 Å². The maximum Gasteiger partial charge on any atom is 0.253 e. The van der Waals surface area contributed by atoms with E-state index in [0.717, 1.165) is 0 Å². The van der Waals surface area contributed by atoms with Gasteiger partial charge in [0.2, 0.25) is 0 Å². The number of pyridine rings is 1. The Hall–Kier alpha value is -0.650. The van der Waals surface area contributed by atoms with E-state index in [9.17, 15) is 4.79 Å². The van der Waals surface area contributed by atoms with E-state index in [1.807, 2.05) is 0 Å². The first-order chi connectivity index (χ1) is 5.34. The second-order valence-electron chi connectivity index (χ2n) is 1.88. The Kier molecular flexibility index (Phi) is 3.28. The molecule has 3 nitrogen and oxygen atoms in total. The average molecular weight is 262 g/mol. The number of amides is 1. The van der Waals surface area contributed by atoms with Gasteiger partial charge >= 0.3 is 0 Å². The normalized spacial score (nSPS) is 9.18. The molecule has 0 bridgehead atoms. The number of hydrogen-bond donors (Lipinski definition) is 1. The first-order valence-corrected chi connectivity index (χ1v) is 4.61. The van der Waals surface area contributed by atoms with Crippen LogP contribution in [0.25, 0.3) is 0 Å². The summed E-state index contributed by atoms with van der Waals surface area (Å²) < 4.78 is 0.617. The van der Waals surface area contributed by atoms with E-state index in [-0.39, 0.29) is 5.91 Å². The third-order valence-corrected chi connectivity index (χ3v) is 1.53. The van der Waals surface area contributed by atoms with Gasteiger partial charge in [0.15, 0.2) is 0 Å². The van der Waals surface area contributed by atoms with Crippen LogP contribution in [-0.4, -0.2) is 15.4 Å². The van der Waals surface area contributed by atoms with Crippen molar-refractivity contribution >= 4 is 28.5 Å². The molecule has 1 heterocycles. The molecular weight excluding hydrogens is 255 g/mol. The fourth-order valence-corrected chi connectivity index (χ4v) is 1.01. The minimum atomic E-state index is -0.0764. The minimum absolute atomic E-state index is 0.0764. The van der Waals surface area contributed by atoms with Crippen molar-refractivity contribution in [2.45, 2.75) is 0 Å². The van der Waals surface area contributed by atoms with Crippen molar-refractivity contribution in [3.05, 3.63) is 30.1 Å². The highest BCUT2D eigenvalue weighted by Gasteiger charge is 2.01. The highest BCUT2D eigenvalue weighted by atomic mass is 127. The quantitative estimate of drug-likeness (QED) is 0.494. The van der Waals surface area contributed by atoms with Crippen molar-refractivity contribution in [3.8, 4) is 0 Å². The van der Waals surface area contributed by atoms with Crippen LogP contribution in [0, 0.1) is 0 Å². The molecule has 0 aliphatic heterocycles. The van der Waals surface area contributed by atoms with E-state index in [0.29, 0.717) is 10.1 Å². The molecule has 0 radical (unpaired) electrons. The summed E-state index contributed by atoms with van der Waals surface area (Å²) in [6.45, 7) is 0. The van der Waals surface area contributed by atoms with Gasteiger partial charge in [0.1, 0.15) is 0 Å². The zero-order chi connectivity index (χ0) is 8.10. The maximum absolute atomic E-state index is 11.1. The van der Waals surface area contributed by atoms with Crippen LogP contribution in [0.3, 0.4) is 0 Å². The topological polar surface area (TPSA) is 42.0 Å². The monoisotopic (exact) mass is 262 g/mol. The lowest BCUT2D eigenvalue weighted by molar-refractivity contribution is 0.0961. The molecule has 1 N–H and O–H groups in total. The molecule has 1 amide bonds. The Labute approximate surface area is 78.4 Å². The van der Waals surface area contributed by atoms with E-state index in [1.165, 1.54) is 0 Å². The van der Waals surface area contributed by atoms with Gasteiger partial charge in [-0.3, -0.25) is 9.78 Å². The predicted octanol–water partition coefficient (Wildman–Crippen LogP) is 1.20. The lowest BCUT2D eigenvalue weighted by atomic mass is 10.3. The molecule has 0 saturated heterocycles. The van der Waals surface area contributed by atoms with Crippen molar-refractivity contribution in [2.24, 2.45) is 0 Å². The third kappa shape index (κ3) is 2.45. The van der Waals surface area contributed by atoms with Crippen LogP contribution in [0.1, 0.15) is 10.4 Å². The first kappa shape index (κ1) is 8.45. The number of alkyl halides is 1. The molecule has 0 spiro atoms. The Bertz CT molecular complexity index is 237. The van der Waals surface area contributed by atoms with Crippen molar-refractivity contribution in [2.75, 3.05) is 4.55 Å². The molecule has 0 unspecified atom stereocenters. The Morgan fingerprint density at radius 1 is 1.73 bits per heavy atom. The molecule has 0 aromatic carbocycles. The Morgan fingerprint density at radius 3 is 3.09 bits per heavy atom. The molecule has 1 aromatic rings. The summed E-state index contributed by atoms with van der Waals surface area (Å²) in [4.78, 5) is 14.9. The van der Waals surface area contributed by atoms with Gasteiger partial charge in [-0.05, 0) is 12.1 Å². The van der Waals surface area contributed by atoms with Gasteiger partial charge in [0.25, 0.3) is 5.91 Å². The summed E-state index contributed by atoms with van der Waals surface area (Å²) in [5.41, 5.74) is 0.601. The highest BCUT2D eigenvalue weighted by Crippen LogP contribution is 1.94. The van der Waals surface area contributed by atoms with Crippen LogP contribution in [-0.2, 0) is 0 Å². The van der Waals surface area contributed by atoms with Crippen LogP contribution >= 0.6 is 22.6 Å². The molecule has 0 fully saturated rings. The molecule has 11 heavy (non-hydrogen) atoms. The SMILES string of the molecule is O=C(NCI)c1cccnc1. The van der Waals surface area contributed by atoms with Gasteiger partial charge < -0.3 is 5.32 Å². The smallest absolute Gasteiger partial charge is 0.253 e. The first-order valence-electron chi connectivity index (χ1n) is 3.09. The molecule has 0 aliphatic carbocycles. The summed E-state index contributed by atoms with van der Waals surface area (Å²) in [5, 5.41) is 2.67. The van der Waals surface area contributed by atoms with Gasteiger partial charge in [-0.25, -0.2) is 0 Å². The Morgan fingerprint density at radius 2 is 2.55 bits per heavy atom. The number of aromatic nitrogens is 1. The molecule has 0 aliphatic rings. The van der Waals surface area contributed by atoms with Crippen LogP contribution in [0.15, 0.2) is 24.5 Å². The third-order valence-electron chi connectivity index (χ3n) is 1.15. The zero-order valence-electron chi connectivity index (χ0n) is 5.75. The van der Waals surface area contributed by atoms with E-state index in [1.54, 1.807) is 24.5 Å². The van der Waals surface area contributed by atoms with Crippen molar-refractivity contribution in [3.63, 3.8) is 0 Å². The Balaban J connectivity index is 2.69. The van der Waals surface area contributed by atoms with Gasteiger partial charge in [0.05, 0.1) is 10.1 Å². The fourth-order valence-electron chi connectivity index (χ4n) is 0.660. The van der Waals surface area contributed by atoms with Gasteiger partial charge in [-0.1, -0.05) is 22.6 Å². The molecular formula is C7H7IN2O. The number of nitrogens with one attached hydrogen (secondary N) is 1. The van der Waals surface area contributed by atoms with Crippen LogP contribution in [0.2, 0.25) is 0 Å². The molecule has 0 saturated carbocycles. The molecule has 0 atom stereocenters. The van der Waals surface area contributed by atoms with Crippen LogP contribution < -0.4 is 5.32 Å². The number of carbonyl (C=O) groups is 1. The zero-order valence-corrected chi connectivity index (χ0v) is 7.91. The van der Waals surface area contributed by atoms with Crippen LogP contribution in [0.5, 0.6) is 0 Å². The summed E-state index contributed by atoms with van der Waals surface area (Å²) in [6.07, 6.45) is 3.18. The largest absolute Gasteiger partial charge is 0.343 e. The number of hydrogen-bond acceptors (Lipinski definition) is 2. The molecule has 1 rings (SSSR count). The van der Waals surface area contributed by atoms with Gasteiger partial charge in [-0.2, -0.15) is 0 Å². The highest BCUT2D eigenvalue weighted by molar-refractivity contribution is 14.1. The maximum atomic E-state index is 11.1. The fraction of sp³-hybridized carbons (Fsp3) is 0.143. The lowest BCUT2D eigenvalue weighted by Crippen LogP contribution is -2.21. The van der Waals surface area contributed by atoms with E-state index in [4.69, 9.17) is 0 Å². The molecule has 58 valence electrons. The second kappa shape index (κ2) is 4.27. The van der Waals surface area contributed by atoms with Gasteiger partial charge in [-0.15, -0.1) is 0 Å².